The van der Waals surface area contributed by atoms with Gasteiger partial charge in [0.15, 0.2) is 0 Å². The minimum atomic E-state index is -3.65. The first-order valence-corrected chi connectivity index (χ1v) is 9.83. The Balaban J connectivity index is 2.44. The smallest absolute Gasteiger partial charge is 0.255 e. The van der Waals surface area contributed by atoms with Crippen LogP contribution < -0.4 is 5.32 Å². The van der Waals surface area contributed by atoms with Gasteiger partial charge in [-0.2, -0.15) is 4.31 Å². The summed E-state index contributed by atoms with van der Waals surface area (Å²) in [5.41, 5.74) is 2.06. The predicted molar refractivity (Wildman–Crippen MR) is 100 cm³/mol. The van der Waals surface area contributed by atoms with Crippen molar-refractivity contribution in [3.05, 3.63) is 58.9 Å². The van der Waals surface area contributed by atoms with Gasteiger partial charge in [0.2, 0.25) is 10.0 Å². The van der Waals surface area contributed by atoms with E-state index in [9.17, 15) is 17.6 Å². The second-order valence-corrected chi connectivity index (χ2v) is 7.90. The number of hydrogen-bond donors (Lipinski definition) is 1. The maximum Gasteiger partial charge on any atom is 0.255 e. The highest BCUT2D eigenvalue weighted by molar-refractivity contribution is 7.89. The molecule has 2 aromatic carbocycles. The number of amides is 1. The van der Waals surface area contributed by atoms with Gasteiger partial charge >= 0.3 is 0 Å². The van der Waals surface area contributed by atoms with Crippen molar-refractivity contribution in [1.82, 2.24) is 4.31 Å². The summed E-state index contributed by atoms with van der Waals surface area (Å²) in [4.78, 5) is 12.5. The molecule has 1 N–H and O–H groups in total. The molecule has 0 aliphatic carbocycles. The fraction of sp³-hybridized carbons (Fsp3) is 0.316. The Bertz CT molecular complexity index is 922. The number of nitrogens with one attached hydrogen (secondary N) is 1. The third kappa shape index (κ3) is 4.11. The number of rotatable bonds is 6. The minimum Gasteiger partial charge on any atom is -0.322 e. The summed E-state index contributed by atoms with van der Waals surface area (Å²) in [5, 5.41) is 2.69. The number of halogens is 1. The number of sulfonamides is 1. The molecule has 0 spiro atoms. The van der Waals surface area contributed by atoms with E-state index in [0.717, 1.165) is 17.2 Å². The molecule has 2 rings (SSSR count). The Morgan fingerprint density at radius 3 is 2.35 bits per heavy atom. The maximum absolute atomic E-state index is 13.3. The minimum absolute atomic E-state index is 0.124. The van der Waals surface area contributed by atoms with E-state index in [4.69, 9.17) is 0 Å². The molecule has 0 bridgehead atoms. The van der Waals surface area contributed by atoms with Gasteiger partial charge in [-0.05, 0) is 55.3 Å². The van der Waals surface area contributed by atoms with Gasteiger partial charge in [-0.1, -0.05) is 19.9 Å². The lowest BCUT2D eigenvalue weighted by molar-refractivity contribution is 0.102. The molecule has 0 atom stereocenters. The van der Waals surface area contributed by atoms with E-state index in [1.165, 1.54) is 28.6 Å². The van der Waals surface area contributed by atoms with Crippen molar-refractivity contribution >= 4 is 21.6 Å². The quantitative estimate of drug-likeness (QED) is 0.833. The van der Waals surface area contributed by atoms with Crippen LogP contribution in [0.15, 0.2) is 41.3 Å². The Morgan fingerprint density at radius 1 is 1.12 bits per heavy atom. The largest absolute Gasteiger partial charge is 0.322 e. The van der Waals surface area contributed by atoms with E-state index >= 15 is 0 Å². The topological polar surface area (TPSA) is 66.5 Å². The first-order valence-electron chi connectivity index (χ1n) is 8.39. The highest BCUT2D eigenvalue weighted by atomic mass is 32.2. The molecule has 140 valence electrons. The van der Waals surface area contributed by atoms with Crippen LogP contribution in [0.2, 0.25) is 0 Å². The number of benzene rings is 2. The molecular formula is C19H23FN2O3S. The van der Waals surface area contributed by atoms with Crippen molar-refractivity contribution in [2.24, 2.45) is 0 Å². The molecule has 0 radical (unpaired) electrons. The van der Waals surface area contributed by atoms with Crippen molar-refractivity contribution in [2.45, 2.75) is 32.6 Å². The third-order valence-electron chi connectivity index (χ3n) is 4.32. The van der Waals surface area contributed by atoms with Crippen LogP contribution in [0.5, 0.6) is 0 Å². The second kappa shape index (κ2) is 7.97. The third-order valence-corrected chi connectivity index (χ3v) is 6.35. The Labute approximate surface area is 153 Å². The van der Waals surface area contributed by atoms with Crippen LogP contribution in [0, 0.1) is 19.7 Å². The molecule has 0 unspecified atom stereocenters. The lowest BCUT2D eigenvalue weighted by atomic mass is 10.1. The number of nitrogens with zero attached hydrogens (tertiary/aromatic N) is 1. The highest BCUT2D eigenvalue weighted by Crippen LogP contribution is 2.26. The average molecular weight is 378 g/mol. The number of aryl methyl sites for hydroxylation is 1. The molecule has 0 saturated heterocycles. The molecule has 0 fully saturated rings. The molecule has 26 heavy (non-hydrogen) atoms. The molecule has 0 saturated carbocycles. The molecule has 1 amide bonds. The van der Waals surface area contributed by atoms with Crippen LogP contribution in [0.3, 0.4) is 0 Å². The average Bonchev–Trinajstić information content (AvgIpc) is 2.59. The van der Waals surface area contributed by atoms with Crippen LogP contribution in [0.1, 0.15) is 35.3 Å². The maximum atomic E-state index is 13.3. The standard InChI is InChI=1S/C19H23FN2O3S/c1-5-22(6-2)26(24,25)17-10-13(3)14(4)18(12-17)21-19(23)15-8-7-9-16(20)11-15/h7-12H,5-6H2,1-4H3,(H,21,23). The van der Waals surface area contributed by atoms with E-state index in [1.54, 1.807) is 33.8 Å². The van der Waals surface area contributed by atoms with E-state index in [0.29, 0.717) is 18.8 Å². The summed E-state index contributed by atoms with van der Waals surface area (Å²) in [7, 11) is -3.65. The van der Waals surface area contributed by atoms with Crippen LogP contribution in [-0.2, 0) is 10.0 Å². The van der Waals surface area contributed by atoms with E-state index < -0.39 is 21.7 Å². The molecule has 0 heterocycles. The molecule has 5 nitrogen and oxygen atoms in total. The Kier molecular flexibility index (Phi) is 6.15. The summed E-state index contributed by atoms with van der Waals surface area (Å²) in [6.45, 7) is 7.84. The monoisotopic (exact) mass is 378 g/mol. The van der Waals surface area contributed by atoms with Crippen molar-refractivity contribution in [3.63, 3.8) is 0 Å². The number of anilines is 1. The lowest BCUT2D eigenvalue weighted by Gasteiger charge is -2.20. The van der Waals surface area contributed by atoms with Crippen molar-refractivity contribution in [1.29, 1.82) is 0 Å². The molecule has 7 heteroatoms. The molecule has 0 aliphatic heterocycles. The normalized spacial score (nSPS) is 11.6. The van der Waals surface area contributed by atoms with Crippen molar-refractivity contribution in [2.75, 3.05) is 18.4 Å². The van der Waals surface area contributed by atoms with Gasteiger partial charge in [0.25, 0.3) is 5.91 Å². The van der Waals surface area contributed by atoms with Crippen LogP contribution in [-0.4, -0.2) is 31.7 Å². The molecule has 0 aliphatic rings. The number of carbonyl (C=O) groups is 1. The SMILES string of the molecule is CCN(CC)S(=O)(=O)c1cc(C)c(C)c(NC(=O)c2cccc(F)c2)c1. The Hall–Kier alpha value is -2.25. The summed E-state index contributed by atoms with van der Waals surface area (Å²) < 4.78 is 40.2. The predicted octanol–water partition coefficient (Wildman–Crippen LogP) is 3.73. The number of carbonyl (C=O) groups excluding carboxylic acids is 1. The van der Waals surface area contributed by atoms with Gasteiger partial charge in [-0.25, -0.2) is 12.8 Å². The van der Waals surface area contributed by atoms with Crippen LogP contribution >= 0.6 is 0 Å². The van der Waals surface area contributed by atoms with Gasteiger partial charge < -0.3 is 5.32 Å². The second-order valence-electron chi connectivity index (χ2n) is 5.97. The molecular weight excluding hydrogens is 355 g/mol. The molecule has 0 aromatic heterocycles. The summed E-state index contributed by atoms with van der Waals surface area (Å²) in [5.74, 6) is -1.01. The zero-order valence-electron chi connectivity index (χ0n) is 15.3. The highest BCUT2D eigenvalue weighted by Gasteiger charge is 2.23. The Morgan fingerprint density at radius 2 is 1.77 bits per heavy atom. The lowest BCUT2D eigenvalue weighted by Crippen LogP contribution is -2.30. The fourth-order valence-electron chi connectivity index (χ4n) is 2.64. The van der Waals surface area contributed by atoms with Gasteiger partial charge in [0, 0.05) is 24.3 Å². The van der Waals surface area contributed by atoms with Crippen molar-refractivity contribution < 1.29 is 17.6 Å². The fourth-order valence-corrected chi connectivity index (χ4v) is 4.21. The first-order chi connectivity index (χ1) is 12.2. The van der Waals surface area contributed by atoms with Gasteiger partial charge in [0.1, 0.15) is 5.82 Å². The zero-order valence-corrected chi connectivity index (χ0v) is 16.2. The van der Waals surface area contributed by atoms with Gasteiger partial charge in [-0.15, -0.1) is 0 Å². The van der Waals surface area contributed by atoms with Crippen LogP contribution in [0.25, 0.3) is 0 Å². The van der Waals surface area contributed by atoms with Gasteiger partial charge in [-0.3, -0.25) is 4.79 Å². The number of hydrogen-bond acceptors (Lipinski definition) is 3. The van der Waals surface area contributed by atoms with Crippen LogP contribution in [0.4, 0.5) is 10.1 Å². The summed E-state index contributed by atoms with van der Waals surface area (Å²) in [6.07, 6.45) is 0. The van der Waals surface area contributed by atoms with E-state index in [1.807, 2.05) is 0 Å². The summed E-state index contributed by atoms with van der Waals surface area (Å²) >= 11 is 0. The summed E-state index contributed by atoms with van der Waals surface area (Å²) in [6, 6.07) is 8.38. The molecule has 2 aromatic rings. The first kappa shape index (κ1) is 20.1. The van der Waals surface area contributed by atoms with Gasteiger partial charge in [0.05, 0.1) is 4.90 Å². The van der Waals surface area contributed by atoms with E-state index in [-0.39, 0.29) is 10.5 Å². The zero-order chi connectivity index (χ0) is 19.5. The van der Waals surface area contributed by atoms with Crippen molar-refractivity contribution in [3.8, 4) is 0 Å². The van der Waals surface area contributed by atoms with E-state index in [2.05, 4.69) is 5.32 Å².